The first-order valence-corrected chi connectivity index (χ1v) is 8.25. The van der Waals surface area contributed by atoms with Crippen molar-refractivity contribution < 1.29 is 22.4 Å². The number of alkyl halides is 3. The van der Waals surface area contributed by atoms with Crippen LogP contribution in [0.2, 0.25) is 0 Å². The van der Waals surface area contributed by atoms with Crippen LogP contribution in [-0.4, -0.2) is 15.8 Å². The summed E-state index contributed by atoms with van der Waals surface area (Å²) in [6.07, 6.45) is -2.15. The molecule has 1 aromatic carbocycles. The number of nitrogens with zero attached hydrogens (tertiary/aromatic N) is 1. The van der Waals surface area contributed by atoms with E-state index in [2.05, 4.69) is 9.97 Å². The summed E-state index contributed by atoms with van der Waals surface area (Å²) < 4.78 is 52.7. The van der Waals surface area contributed by atoms with Gasteiger partial charge in [0.1, 0.15) is 5.82 Å². The SMILES string of the molecule is O=C(C[C@H](c1ccc(C(F)(F)F)cc1)c1ncccc1F)c1ccc(=O)[nH]c1. The maximum atomic E-state index is 14.3. The molecule has 0 bridgehead atoms. The number of aromatic amines is 1. The summed E-state index contributed by atoms with van der Waals surface area (Å²) in [4.78, 5) is 30.1. The fraction of sp³-hybridized carbons (Fsp3) is 0.150. The zero-order valence-electron chi connectivity index (χ0n) is 14.3. The van der Waals surface area contributed by atoms with Gasteiger partial charge in [-0.2, -0.15) is 13.2 Å². The molecule has 28 heavy (non-hydrogen) atoms. The molecular formula is C20H14F4N2O2. The second-order valence-electron chi connectivity index (χ2n) is 6.11. The summed E-state index contributed by atoms with van der Waals surface area (Å²) in [5.74, 6) is -1.96. The number of ketones is 1. The molecule has 0 amide bonds. The Bertz CT molecular complexity index is 1020. The predicted octanol–water partition coefficient (Wildman–Crippen LogP) is 4.33. The van der Waals surface area contributed by atoms with Crippen LogP contribution in [0.5, 0.6) is 0 Å². The van der Waals surface area contributed by atoms with Gasteiger partial charge in [0, 0.05) is 36.4 Å². The van der Waals surface area contributed by atoms with E-state index in [9.17, 15) is 27.2 Å². The van der Waals surface area contributed by atoms with Crippen molar-refractivity contribution in [1.82, 2.24) is 9.97 Å². The first-order valence-electron chi connectivity index (χ1n) is 8.25. The smallest absolute Gasteiger partial charge is 0.328 e. The number of pyridine rings is 2. The van der Waals surface area contributed by atoms with Gasteiger partial charge in [0.2, 0.25) is 5.56 Å². The van der Waals surface area contributed by atoms with Gasteiger partial charge in [-0.05, 0) is 35.9 Å². The molecule has 144 valence electrons. The van der Waals surface area contributed by atoms with E-state index in [-0.39, 0.29) is 23.2 Å². The van der Waals surface area contributed by atoms with Crippen LogP contribution in [0, 0.1) is 5.82 Å². The molecule has 3 aromatic rings. The quantitative estimate of drug-likeness (QED) is 0.521. The van der Waals surface area contributed by atoms with Crippen LogP contribution >= 0.6 is 0 Å². The standard InChI is InChI=1S/C20H14F4N2O2/c21-16-2-1-9-25-19(16)15(10-17(27)13-5-8-18(28)26-11-13)12-3-6-14(7-4-12)20(22,23)24/h1-9,11,15H,10H2,(H,26,28)/t15-/m1/s1. The van der Waals surface area contributed by atoms with Gasteiger partial charge in [-0.3, -0.25) is 14.6 Å². The minimum absolute atomic E-state index is 0.0416. The Morgan fingerprint density at radius 3 is 2.36 bits per heavy atom. The zero-order chi connectivity index (χ0) is 20.3. The molecule has 2 heterocycles. The van der Waals surface area contributed by atoms with Crippen LogP contribution in [0.15, 0.2) is 65.7 Å². The molecule has 0 radical (unpaired) electrons. The number of halogens is 4. The third kappa shape index (κ3) is 4.33. The summed E-state index contributed by atoms with van der Waals surface area (Å²) in [7, 11) is 0. The number of hydrogen-bond acceptors (Lipinski definition) is 3. The number of nitrogens with one attached hydrogen (secondary N) is 1. The van der Waals surface area contributed by atoms with E-state index in [1.165, 1.54) is 48.8 Å². The molecule has 3 rings (SSSR count). The van der Waals surface area contributed by atoms with Gasteiger partial charge >= 0.3 is 6.18 Å². The number of carbonyl (C=O) groups excluding carboxylic acids is 1. The van der Waals surface area contributed by atoms with Crippen molar-refractivity contribution in [2.24, 2.45) is 0 Å². The molecule has 8 heteroatoms. The molecule has 0 fully saturated rings. The van der Waals surface area contributed by atoms with Crippen LogP contribution in [0.3, 0.4) is 0 Å². The number of carbonyl (C=O) groups is 1. The lowest BCUT2D eigenvalue weighted by atomic mass is 9.88. The van der Waals surface area contributed by atoms with E-state index >= 15 is 0 Å². The molecule has 2 aromatic heterocycles. The van der Waals surface area contributed by atoms with Crippen molar-refractivity contribution in [2.75, 3.05) is 0 Å². The highest BCUT2D eigenvalue weighted by Gasteiger charge is 2.31. The highest BCUT2D eigenvalue weighted by molar-refractivity contribution is 5.96. The molecule has 1 N–H and O–H groups in total. The molecule has 0 spiro atoms. The summed E-state index contributed by atoms with van der Waals surface area (Å²) in [5.41, 5.74) is -0.744. The highest BCUT2D eigenvalue weighted by Crippen LogP contribution is 2.33. The van der Waals surface area contributed by atoms with Crippen LogP contribution in [-0.2, 0) is 6.18 Å². The Morgan fingerprint density at radius 1 is 1.07 bits per heavy atom. The highest BCUT2D eigenvalue weighted by atomic mass is 19.4. The summed E-state index contributed by atoms with van der Waals surface area (Å²) in [6, 6.07) is 9.25. The lowest BCUT2D eigenvalue weighted by Gasteiger charge is -2.18. The second kappa shape index (κ2) is 7.75. The minimum Gasteiger partial charge on any atom is -0.328 e. The molecule has 4 nitrogen and oxygen atoms in total. The number of benzene rings is 1. The average Bonchev–Trinajstić information content (AvgIpc) is 2.66. The number of rotatable bonds is 5. The van der Waals surface area contributed by atoms with Crippen molar-refractivity contribution in [3.05, 3.63) is 99.5 Å². The van der Waals surface area contributed by atoms with Gasteiger partial charge in [0.15, 0.2) is 5.78 Å². The maximum Gasteiger partial charge on any atom is 0.416 e. The normalized spacial score (nSPS) is 12.6. The van der Waals surface area contributed by atoms with Crippen molar-refractivity contribution in [2.45, 2.75) is 18.5 Å². The third-order valence-electron chi connectivity index (χ3n) is 4.25. The molecular weight excluding hydrogens is 376 g/mol. The fourth-order valence-corrected chi connectivity index (χ4v) is 2.82. The predicted molar refractivity (Wildman–Crippen MR) is 93.5 cm³/mol. The molecule has 0 aliphatic carbocycles. The van der Waals surface area contributed by atoms with E-state index in [1.54, 1.807) is 0 Å². The first-order chi connectivity index (χ1) is 13.3. The van der Waals surface area contributed by atoms with Gasteiger partial charge < -0.3 is 4.98 Å². The number of H-pyrrole nitrogens is 1. The Balaban J connectivity index is 1.98. The van der Waals surface area contributed by atoms with Gasteiger partial charge in [0.25, 0.3) is 0 Å². The summed E-state index contributed by atoms with van der Waals surface area (Å²) in [6.45, 7) is 0. The summed E-state index contributed by atoms with van der Waals surface area (Å²) in [5, 5.41) is 0. The van der Waals surface area contributed by atoms with Gasteiger partial charge in [-0.15, -0.1) is 0 Å². The summed E-state index contributed by atoms with van der Waals surface area (Å²) >= 11 is 0. The second-order valence-corrected chi connectivity index (χ2v) is 6.11. The molecule has 0 aliphatic heterocycles. The molecule has 0 saturated carbocycles. The Morgan fingerprint density at radius 2 is 1.79 bits per heavy atom. The van der Waals surface area contributed by atoms with Crippen LogP contribution < -0.4 is 5.56 Å². The van der Waals surface area contributed by atoms with Crippen LogP contribution in [0.25, 0.3) is 0 Å². The van der Waals surface area contributed by atoms with E-state index in [1.807, 2.05) is 0 Å². The van der Waals surface area contributed by atoms with Gasteiger partial charge in [-0.25, -0.2) is 4.39 Å². The average molecular weight is 390 g/mol. The monoisotopic (exact) mass is 390 g/mol. The van der Waals surface area contributed by atoms with Crippen LogP contribution in [0.4, 0.5) is 17.6 Å². The Hall–Kier alpha value is -3.29. The minimum atomic E-state index is -4.50. The fourth-order valence-electron chi connectivity index (χ4n) is 2.82. The van der Waals surface area contributed by atoms with Gasteiger partial charge in [-0.1, -0.05) is 12.1 Å². The topological polar surface area (TPSA) is 62.8 Å². The Kier molecular flexibility index (Phi) is 5.39. The van der Waals surface area contributed by atoms with Crippen molar-refractivity contribution in [3.63, 3.8) is 0 Å². The van der Waals surface area contributed by atoms with Gasteiger partial charge in [0.05, 0.1) is 11.3 Å². The third-order valence-corrected chi connectivity index (χ3v) is 4.25. The lowest BCUT2D eigenvalue weighted by molar-refractivity contribution is -0.137. The number of Topliss-reactive ketones (excluding diaryl/α,β-unsaturated/α-hetero) is 1. The molecule has 0 saturated heterocycles. The van der Waals surface area contributed by atoms with Crippen molar-refractivity contribution in [3.8, 4) is 0 Å². The zero-order valence-corrected chi connectivity index (χ0v) is 14.3. The number of hydrogen-bond donors (Lipinski definition) is 1. The van der Waals surface area contributed by atoms with Crippen LogP contribution in [0.1, 0.15) is 39.5 Å². The number of aromatic nitrogens is 2. The van der Waals surface area contributed by atoms with E-state index in [0.717, 1.165) is 12.1 Å². The van der Waals surface area contributed by atoms with E-state index in [4.69, 9.17) is 0 Å². The first kappa shape index (κ1) is 19.5. The van der Waals surface area contributed by atoms with E-state index < -0.39 is 29.3 Å². The van der Waals surface area contributed by atoms with Crippen molar-refractivity contribution >= 4 is 5.78 Å². The largest absolute Gasteiger partial charge is 0.416 e. The maximum absolute atomic E-state index is 14.3. The Labute approximate surface area is 156 Å². The molecule has 1 atom stereocenters. The van der Waals surface area contributed by atoms with E-state index in [0.29, 0.717) is 5.56 Å². The van der Waals surface area contributed by atoms with Crippen molar-refractivity contribution in [1.29, 1.82) is 0 Å². The molecule has 0 unspecified atom stereocenters. The lowest BCUT2D eigenvalue weighted by Crippen LogP contribution is -2.14. The molecule has 0 aliphatic rings.